The average Bonchev–Trinajstić information content (AvgIpc) is 3.58. The predicted molar refractivity (Wildman–Crippen MR) is 122 cm³/mol. The molecule has 2 aliphatic heterocycles. The van der Waals surface area contributed by atoms with Crippen molar-refractivity contribution in [2.75, 3.05) is 19.4 Å². The van der Waals surface area contributed by atoms with Crippen LogP contribution in [0, 0.1) is 28.5 Å². The molecule has 1 N–H and O–H groups in total. The number of likely N-dealkylation sites (tertiary alicyclic amines) is 1. The number of hydrogen-bond donors (Lipinski definition) is 1. The van der Waals surface area contributed by atoms with Crippen molar-refractivity contribution in [1.82, 2.24) is 9.62 Å². The first-order chi connectivity index (χ1) is 15.1. The summed E-state index contributed by atoms with van der Waals surface area (Å²) in [5.41, 5.74) is 1.76. The van der Waals surface area contributed by atoms with Crippen molar-refractivity contribution in [1.29, 1.82) is 0 Å². The summed E-state index contributed by atoms with van der Waals surface area (Å²) in [4.78, 5) is 2.18. The minimum absolute atomic E-state index is 0.0219. The first kappa shape index (κ1) is 21.9. The molecule has 1 aromatic rings. The number of rotatable bonds is 6. The summed E-state index contributed by atoms with van der Waals surface area (Å²) in [5, 5.41) is 0. The van der Waals surface area contributed by atoms with Gasteiger partial charge in [-0.2, -0.15) is 0 Å². The molecule has 2 heterocycles. The van der Waals surface area contributed by atoms with Crippen molar-refractivity contribution in [3.63, 3.8) is 0 Å². The number of halogens is 1. The summed E-state index contributed by atoms with van der Waals surface area (Å²) in [6, 6.07) is 4.85. The third-order valence-electron chi connectivity index (χ3n) is 7.61. The monoisotopic (exact) mass is 458 g/mol. The Bertz CT molecular complexity index is 1110. The Morgan fingerprint density at radius 1 is 1.34 bits per heavy atom. The van der Waals surface area contributed by atoms with Gasteiger partial charge >= 0.3 is 0 Å². The second-order valence-corrected chi connectivity index (χ2v) is 12.1. The van der Waals surface area contributed by atoms with E-state index in [1.165, 1.54) is 6.26 Å². The molecule has 1 spiro atoms. The standard InChI is InChI=1S/C25H31FN2O3S/c1-17(21-8-14-31-21)28-16-25(12-13-25)23(27-32(3,29)30)20(28)15-19-6-4-5-18(22(19)26)7-9-24(2)10-11-24/h4-6,20-21,23,27H,1,8,10-16H2,2-3H3/t20?,21-,23?/m1/s1. The highest BCUT2D eigenvalue weighted by atomic mass is 32.2. The minimum Gasteiger partial charge on any atom is -0.372 e. The molecule has 0 bridgehead atoms. The van der Waals surface area contributed by atoms with E-state index in [1.807, 2.05) is 6.07 Å². The predicted octanol–water partition coefficient (Wildman–Crippen LogP) is 3.20. The SMILES string of the molecule is C=C([C@H]1CCO1)N1CC2(CC2)C(NS(C)(=O)=O)C1Cc1cccc(C#CC2(C)CC2)c1F. The van der Waals surface area contributed by atoms with E-state index >= 15 is 4.39 Å². The molecule has 4 aliphatic rings. The summed E-state index contributed by atoms with van der Waals surface area (Å²) in [6.45, 7) is 7.83. The van der Waals surface area contributed by atoms with Gasteiger partial charge in [-0.25, -0.2) is 17.5 Å². The second kappa shape index (κ2) is 7.58. The van der Waals surface area contributed by atoms with E-state index in [0.717, 1.165) is 44.3 Å². The Hall–Kier alpha value is -1.88. The Morgan fingerprint density at radius 3 is 2.62 bits per heavy atom. The van der Waals surface area contributed by atoms with Crippen LogP contribution in [0.15, 0.2) is 30.5 Å². The van der Waals surface area contributed by atoms with E-state index < -0.39 is 10.0 Å². The van der Waals surface area contributed by atoms with E-state index in [4.69, 9.17) is 4.74 Å². The summed E-state index contributed by atoms with van der Waals surface area (Å²) in [5.74, 6) is 5.95. The fourth-order valence-electron chi connectivity index (χ4n) is 5.02. The molecule has 2 saturated heterocycles. The number of nitrogens with zero attached hydrogens (tertiary/aromatic N) is 1. The van der Waals surface area contributed by atoms with Gasteiger partial charge in [-0.05, 0) is 50.7 Å². The fraction of sp³-hybridized carbons (Fsp3) is 0.600. The average molecular weight is 459 g/mol. The molecule has 0 aromatic heterocycles. The van der Waals surface area contributed by atoms with Gasteiger partial charge in [0.2, 0.25) is 10.0 Å². The Balaban J connectivity index is 1.46. The molecular formula is C25H31FN2O3S. The summed E-state index contributed by atoms with van der Waals surface area (Å²) in [7, 11) is -3.41. The molecule has 32 heavy (non-hydrogen) atoms. The van der Waals surface area contributed by atoms with Crippen LogP contribution in [0.5, 0.6) is 0 Å². The van der Waals surface area contributed by atoms with Crippen LogP contribution in [0.3, 0.4) is 0 Å². The molecule has 0 radical (unpaired) electrons. The van der Waals surface area contributed by atoms with Crippen LogP contribution < -0.4 is 4.72 Å². The highest BCUT2D eigenvalue weighted by Crippen LogP contribution is 2.56. The summed E-state index contributed by atoms with van der Waals surface area (Å²) in [6.07, 6.45) is 6.50. The lowest BCUT2D eigenvalue weighted by molar-refractivity contribution is -0.0424. The van der Waals surface area contributed by atoms with Gasteiger partial charge in [0.05, 0.1) is 24.5 Å². The molecule has 4 fully saturated rings. The van der Waals surface area contributed by atoms with E-state index in [1.54, 1.807) is 12.1 Å². The highest BCUT2D eigenvalue weighted by Gasteiger charge is 2.60. The van der Waals surface area contributed by atoms with Crippen molar-refractivity contribution in [2.24, 2.45) is 10.8 Å². The lowest BCUT2D eigenvalue weighted by atomic mass is 9.92. The van der Waals surface area contributed by atoms with Gasteiger partial charge in [0.1, 0.15) is 5.82 Å². The number of sulfonamides is 1. The molecule has 2 aliphatic carbocycles. The smallest absolute Gasteiger partial charge is 0.209 e. The lowest BCUT2D eigenvalue weighted by Crippen LogP contribution is -2.49. The molecule has 7 heteroatoms. The molecule has 0 amide bonds. The van der Waals surface area contributed by atoms with Gasteiger partial charge in [0.15, 0.2) is 0 Å². The zero-order chi connectivity index (χ0) is 22.7. The fourth-order valence-corrected chi connectivity index (χ4v) is 5.89. The number of nitrogens with one attached hydrogen (secondary N) is 1. The summed E-state index contributed by atoms with van der Waals surface area (Å²) >= 11 is 0. The Morgan fingerprint density at radius 2 is 2.06 bits per heavy atom. The molecule has 1 aromatic carbocycles. The van der Waals surface area contributed by atoms with Crippen LogP contribution in [-0.2, 0) is 21.2 Å². The van der Waals surface area contributed by atoms with Crippen molar-refractivity contribution >= 4 is 10.0 Å². The van der Waals surface area contributed by atoms with E-state index in [9.17, 15) is 8.42 Å². The maximum Gasteiger partial charge on any atom is 0.209 e. The maximum absolute atomic E-state index is 15.5. The van der Waals surface area contributed by atoms with Crippen molar-refractivity contribution in [2.45, 2.75) is 63.6 Å². The molecule has 5 nitrogen and oxygen atoms in total. The van der Waals surface area contributed by atoms with Crippen LogP contribution in [-0.4, -0.2) is 50.9 Å². The van der Waals surface area contributed by atoms with Crippen LogP contribution in [0.2, 0.25) is 0 Å². The van der Waals surface area contributed by atoms with Gasteiger partial charge in [-0.1, -0.05) is 30.6 Å². The molecular weight excluding hydrogens is 427 g/mol. The van der Waals surface area contributed by atoms with Crippen LogP contribution in [0.25, 0.3) is 0 Å². The van der Waals surface area contributed by atoms with E-state index in [0.29, 0.717) is 24.2 Å². The third-order valence-corrected chi connectivity index (χ3v) is 8.29. The van der Waals surface area contributed by atoms with Gasteiger partial charge < -0.3 is 9.64 Å². The third kappa shape index (κ3) is 4.21. The summed E-state index contributed by atoms with van der Waals surface area (Å²) < 4.78 is 48.4. The normalized spacial score (nSPS) is 29.2. The number of ether oxygens (including phenoxy) is 1. The van der Waals surface area contributed by atoms with Crippen molar-refractivity contribution in [3.05, 3.63) is 47.4 Å². The Kier molecular flexibility index (Phi) is 5.20. The largest absolute Gasteiger partial charge is 0.372 e. The molecule has 2 unspecified atom stereocenters. The Labute approximate surface area is 190 Å². The van der Waals surface area contributed by atoms with Gasteiger partial charge in [0.25, 0.3) is 0 Å². The topological polar surface area (TPSA) is 58.6 Å². The van der Waals surface area contributed by atoms with Crippen molar-refractivity contribution < 1.29 is 17.5 Å². The van der Waals surface area contributed by atoms with Crippen LogP contribution >= 0.6 is 0 Å². The highest BCUT2D eigenvalue weighted by molar-refractivity contribution is 7.88. The zero-order valence-corrected chi connectivity index (χ0v) is 19.6. The molecule has 2 saturated carbocycles. The second-order valence-electron chi connectivity index (χ2n) is 10.4. The maximum atomic E-state index is 15.5. The lowest BCUT2D eigenvalue weighted by Gasteiger charge is -2.38. The number of hydrogen-bond acceptors (Lipinski definition) is 4. The van der Waals surface area contributed by atoms with Crippen LogP contribution in [0.1, 0.15) is 50.2 Å². The van der Waals surface area contributed by atoms with E-state index in [2.05, 4.69) is 35.0 Å². The number of benzene rings is 1. The molecule has 3 atom stereocenters. The minimum atomic E-state index is -3.41. The first-order valence-electron chi connectivity index (χ1n) is 11.4. The van der Waals surface area contributed by atoms with Crippen LogP contribution in [0.4, 0.5) is 4.39 Å². The van der Waals surface area contributed by atoms with Gasteiger partial charge in [0, 0.05) is 41.6 Å². The van der Waals surface area contributed by atoms with Gasteiger partial charge in [-0.3, -0.25) is 0 Å². The first-order valence-corrected chi connectivity index (χ1v) is 13.3. The van der Waals surface area contributed by atoms with Gasteiger partial charge in [-0.15, -0.1) is 0 Å². The molecule has 5 rings (SSSR count). The van der Waals surface area contributed by atoms with Crippen molar-refractivity contribution in [3.8, 4) is 11.8 Å². The quantitative estimate of drug-likeness (QED) is 0.665. The zero-order valence-electron chi connectivity index (χ0n) is 18.8. The van der Waals surface area contributed by atoms with E-state index in [-0.39, 0.29) is 34.8 Å². The molecule has 172 valence electrons.